The highest BCUT2D eigenvalue weighted by atomic mass is 16.2. The topological polar surface area (TPSA) is 20.3 Å². The molecule has 1 aromatic carbocycles. The smallest absolute Gasteiger partial charge is 0.254 e. The summed E-state index contributed by atoms with van der Waals surface area (Å²) in [4.78, 5) is 13.5. The second kappa shape index (κ2) is 4.65. The first kappa shape index (κ1) is 11.3. The van der Waals surface area contributed by atoms with E-state index < -0.39 is 0 Å². The molecule has 0 N–H and O–H groups in total. The Morgan fingerprint density at radius 1 is 1.47 bits per heavy atom. The lowest BCUT2D eigenvalue weighted by molar-refractivity contribution is 0.0812. The number of aryl methyl sites for hydroxylation is 1. The fraction of sp³-hybridized carbons (Fsp3) is 0.308. The van der Waals surface area contributed by atoms with Gasteiger partial charge in [-0.1, -0.05) is 18.1 Å². The van der Waals surface area contributed by atoms with Crippen molar-refractivity contribution in [2.24, 2.45) is 0 Å². The average Bonchev–Trinajstić information content (AvgIpc) is 2.21. The number of carbonyl (C=O) groups excluding carboxylic acids is 1. The molecule has 0 saturated heterocycles. The van der Waals surface area contributed by atoms with E-state index in [1.165, 1.54) is 0 Å². The lowest BCUT2D eigenvalue weighted by atomic mass is 10.0. The maximum Gasteiger partial charge on any atom is 0.254 e. The highest BCUT2D eigenvalue weighted by molar-refractivity contribution is 5.95. The zero-order valence-corrected chi connectivity index (χ0v) is 9.37. The zero-order chi connectivity index (χ0) is 11.4. The van der Waals surface area contributed by atoms with E-state index in [0.717, 1.165) is 16.7 Å². The number of hydrogen-bond donors (Lipinski definition) is 0. The molecule has 0 bridgehead atoms. The Labute approximate surface area is 90.9 Å². The Morgan fingerprint density at radius 3 is 2.73 bits per heavy atom. The summed E-state index contributed by atoms with van der Waals surface area (Å²) in [6.45, 7) is 4.28. The van der Waals surface area contributed by atoms with Crippen LogP contribution < -0.4 is 0 Å². The van der Waals surface area contributed by atoms with E-state index >= 15 is 0 Å². The average molecular weight is 201 g/mol. The van der Waals surface area contributed by atoms with Gasteiger partial charge in [-0.15, -0.1) is 6.42 Å². The minimum atomic E-state index is -0.0193. The monoisotopic (exact) mass is 201 g/mol. The summed E-state index contributed by atoms with van der Waals surface area (Å²) in [6, 6.07) is 5.71. The Hall–Kier alpha value is -1.75. The summed E-state index contributed by atoms with van der Waals surface area (Å²) in [5.41, 5.74) is 2.87. The highest BCUT2D eigenvalue weighted by Crippen LogP contribution is 2.14. The molecule has 0 aliphatic rings. The highest BCUT2D eigenvalue weighted by Gasteiger charge is 2.13. The van der Waals surface area contributed by atoms with Crippen LogP contribution in [0, 0.1) is 26.2 Å². The SMILES string of the molecule is C#CCN(C)C(=O)c1cccc(C)c1C. The number of terminal acetylenes is 1. The molecular formula is C13H15NO. The number of nitrogens with zero attached hydrogens (tertiary/aromatic N) is 1. The summed E-state index contributed by atoms with van der Waals surface area (Å²) in [6.07, 6.45) is 5.17. The molecule has 2 nitrogen and oxygen atoms in total. The van der Waals surface area contributed by atoms with Crippen LogP contribution in [0.15, 0.2) is 18.2 Å². The summed E-state index contributed by atoms with van der Waals surface area (Å²) in [5, 5.41) is 0. The molecule has 2 heteroatoms. The van der Waals surface area contributed by atoms with Crippen LogP contribution >= 0.6 is 0 Å². The second-order valence-corrected chi connectivity index (χ2v) is 3.61. The molecule has 0 aromatic heterocycles. The van der Waals surface area contributed by atoms with Crippen molar-refractivity contribution in [3.8, 4) is 12.3 Å². The molecule has 0 spiro atoms. The number of carbonyl (C=O) groups is 1. The molecule has 0 unspecified atom stereocenters. The third kappa shape index (κ3) is 2.38. The van der Waals surface area contributed by atoms with Gasteiger partial charge in [0.15, 0.2) is 0 Å². The quantitative estimate of drug-likeness (QED) is 0.670. The van der Waals surface area contributed by atoms with Gasteiger partial charge in [0.1, 0.15) is 0 Å². The minimum Gasteiger partial charge on any atom is -0.331 e. The van der Waals surface area contributed by atoms with Crippen molar-refractivity contribution in [3.63, 3.8) is 0 Å². The summed E-state index contributed by atoms with van der Waals surface area (Å²) in [7, 11) is 1.71. The first-order valence-electron chi connectivity index (χ1n) is 4.83. The van der Waals surface area contributed by atoms with Crippen molar-refractivity contribution in [3.05, 3.63) is 34.9 Å². The third-order valence-corrected chi connectivity index (χ3v) is 2.51. The van der Waals surface area contributed by atoms with Crippen molar-refractivity contribution in [1.29, 1.82) is 0 Å². The number of hydrogen-bond acceptors (Lipinski definition) is 1. The fourth-order valence-electron chi connectivity index (χ4n) is 1.40. The maximum absolute atomic E-state index is 11.9. The van der Waals surface area contributed by atoms with Crippen LogP contribution in [0.1, 0.15) is 21.5 Å². The zero-order valence-electron chi connectivity index (χ0n) is 9.37. The van der Waals surface area contributed by atoms with Gasteiger partial charge >= 0.3 is 0 Å². The standard InChI is InChI=1S/C13H15NO/c1-5-9-14(4)13(15)12-8-6-7-10(2)11(12)3/h1,6-8H,9H2,2-4H3. The minimum absolute atomic E-state index is 0.0193. The van der Waals surface area contributed by atoms with E-state index in [2.05, 4.69) is 5.92 Å². The molecule has 0 aliphatic carbocycles. The largest absolute Gasteiger partial charge is 0.331 e. The van der Waals surface area contributed by atoms with Crippen LogP contribution in [-0.2, 0) is 0 Å². The Bertz CT molecular complexity index is 415. The molecule has 0 radical (unpaired) electrons. The van der Waals surface area contributed by atoms with E-state index in [4.69, 9.17) is 6.42 Å². The predicted molar refractivity (Wildman–Crippen MR) is 61.7 cm³/mol. The van der Waals surface area contributed by atoms with Crippen LogP contribution in [-0.4, -0.2) is 24.4 Å². The molecule has 0 atom stereocenters. The number of benzene rings is 1. The van der Waals surface area contributed by atoms with Gasteiger partial charge in [-0.25, -0.2) is 0 Å². The molecule has 1 aromatic rings. The molecule has 1 rings (SSSR count). The fourth-order valence-corrected chi connectivity index (χ4v) is 1.40. The van der Waals surface area contributed by atoms with E-state index in [-0.39, 0.29) is 5.91 Å². The lowest BCUT2D eigenvalue weighted by Gasteiger charge is -2.16. The van der Waals surface area contributed by atoms with Gasteiger partial charge in [0.05, 0.1) is 6.54 Å². The Kier molecular flexibility index (Phi) is 3.51. The molecule has 0 aliphatic heterocycles. The van der Waals surface area contributed by atoms with Gasteiger partial charge in [-0.3, -0.25) is 4.79 Å². The Balaban J connectivity index is 3.02. The first-order chi connectivity index (χ1) is 7.07. The van der Waals surface area contributed by atoms with Crippen molar-refractivity contribution in [2.75, 3.05) is 13.6 Å². The van der Waals surface area contributed by atoms with Crippen molar-refractivity contribution in [1.82, 2.24) is 4.90 Å². The van der Waals surface area contributed by atoms with Crippen LogP contribution in [0.4, 0.5) is 0 Å². The molecule has 78 valence electrons. The first-order valence-corrected chi connectivity index (χ1v) is 4.83. The summed E-state index contributed by atoms with van der Waals surface area (Å²) in [5.74, 6) is 2.44. The van der Waals surface area contributed by atoms with Gasteiger partial charge < -0.3 is 4.90 Å². The van der Waals surface area contributed by atoms with E-state index in [1.807, 2.05) is 32.0 Å². The molecule has 0 heterocycles. The molecule has 1 amide bonds. The van der Waals surface area contributed by atoms with Crippen LogP contribution in [0.5, 0.6) is 0 Å². The maximum atomic E-state index is 11.9. The van der Waals surface area contributed by atoms with E-state index in [1.54, 1.807) is 11.9 Å². The van der Waals surface area contributed by atoms with Gasteiger partial charge in [0, 0.05) is 12.6 Å². The number of rotatable bonds is 2. The Morgan fingerprint density at radius 2 is 2.13 bits per heavy atom. The normalized spacial score (nSPS) is 9.47. The van der Waals surface area contributed by atoms with Crippen molar-refractivity contribution < 1.29 is 4.79 Å². The van der Waals surface area contributed by atoms with E-state index in [0.29, 0.717) is 6.54 Å². The third-order valence-electron chi connectivity index (χ3n) is 2.51. The molecular weight excluding hydrogens is 186 g/mol. The predicted octanol–water partition coefficient (Wildman–Crippen LogP) is 2.01. The van der Waals surface area contributed by atoms with Crippen LogP contribution in [0.25, 0.3) is 0 Å². The van der Waals surface area contributed by atoms with Crippen molar-refractivity contribution >= 4 is 5.91 Å². The summed E-state index contributed by atoms with van der Waals surface area (Å²) >= 11 is 0. The molecule has 0 saturated carbocycles. The second-order valence-electron chi connectivity index (χ2n) is 3.61. The van der Waals surface area contributed by atoms with E-state index in [9.17, 15) is 4.79 Å². The van der Waals surface area contributed by atoms with Gasteiger partial charge in [0.2, 0.25) is 0 Å². The van der Waals surface area contributed by atoms with Crippen LogP contribution in [0.3, 0.4) is 0 Å². The lowest BCUT2D eigenvalue weighted by Crippen LogP contribution is -2.27. The number of amides is 1. The van der Waals surface area contributed by atoms with Gasteiger partial charge in [-0.05, 0) is 31.0 Å². The van der Waals surface area contributed by atoms with Gasteiger partial charge in [-0.2, -0.15) is 0 Å². The molecule has 15 heavy (non-hydrogen) atoms. The van der Waals surface area contributed by atoms with Gasteiger partial charge in [0.25, 0.3) is 5.91 Å². The van der Waals surface area contributed by atoms with Crippen LogP contribution in [0.2, 0.25) is 0 Å². The summed E-state index contributed by atoms with van der Waals surface area (Å²) < 4.78 is 0. The van der Waals surface area contributed by atoms with Crippen molar-refractivity contribution in [2.45, 2.75) is 13.8 Å². The molecule has 0 fully saturated rings.